The zero-order chi connectivity index (χ0) is 48.6. The Morgan fingerprint density at radius 2 is 1.66 bits per heavy atom. The fourth-order valence-corrected chi connectivity index (χ4v) is 11.5. The minimum absolute atomic E-state index is 0.00645. The molecular formula is C50H74N4O13S. The molecule has 6 fully saturated rings. The second-order valence-corrected chi connectivity index (χ2v) is 21.4. The lowest BCUT2D eigenvalue weighted by Gasteiger charge is -2.60. The number of esters is 1. The van der Waals surface area contributed by atoms with Crippen molar-refractivity contribution in [3.8, 4) is 10.4 Å². The fraction of sp³-hybridized carbons (Fsp3) is 0.740. The molecule has 378 valence electrons. The van der Waals surface area contributed by atoms with Gasteiger partial charge in [-0.25, -0.2) is 14.8 Å². The van der Waals surface area contributed by atoms with Gasteiger partial charge in [0.05, 0.1) is 67.9 Å². The Labute approximate surface area is 404 Å². The van der Waals surface area contributed by atoms with Gasteiger partial charge in [-0.2, -0.15) is 0 Å². The molecule has 2 bridgehead atoms. The van der Waals surface area contributed by atoms with Gasteiger partial charge in [-0.1, -0.05) is 58.9 Å². The Bertz CT molecular complexity index is 2010. The highest BCUT2D eigenvalue weighted by molar-refractivity contribution is 7.13. The van der Waals surface area contributed by atoms with Crippen LogP contribution in [0.1, 0.15) is 111 Å². The zero-order valence-electron chi connectivity index (χ0n) is 41.0. The lowest BCUT2D eigenvalue weighted by atomic mass is 9.57. The first kappa shape index (κ1) is 52.2. The van der Waals surface area contributed by atoms with Crippen LogP contribution in [0.15, 0.2) is 29.8 Å². The number of aryl methyl sites for hydroxylation is 1. The van der Waals surface area contributed by atoms with Crippen molar-refractivity contribution in [2.75, 3.05) is 52.8 Å². The number of thiazole rings is 1. The van der Waals surface area contributed by atoms with Gasteiger partial charge in [-0.05, 0) is 73.8 Å². The van der Waals surface area contributed by atoms with Crippen LogP contribution in [-0.4, -0.2) is 133 Å². The molecule has 0 radical (unpaired) electrons. The number of rotatable bonds is 22. The van der Waals surface area contributed by atoms with Crippen molar-refractivity contribution in [3.05, 3.63) is 41.0 Å². The maximum atomic E-state index is 13.9. The van der Waals surface area contributed by atoms with Crippen LogP contribution in [0, 0.1) is 36.0 Å². The highest BCUT2D eigenvalue weighted by Gasteiger charge is 2.69. The summed E-state index contributed by atoms with van der Waals surface area (Å²) in [6.07, 6.45) is 3.92. The molecule has 1 aliphatic carbocycles. The van der Waals surface area contributed by atoms with E-state index in [1.807, 2.05) is 64.4 Å². The Balaban J connectivity index is 0.719. The molecule has 17 nitrogen and oxygen atoms in total. The van der Waals surface area contributed by atoms with Crippen LogP contribution in [-0.2, 0) is 63.9 Å². The maximum Gasteiger partial charge on any atom is 0.305 e. The van der Waals surface area contributed by atoms with Gasteiger partial charge in [0, 0.05) is 57.7 Å². The molecule has 1 saturated carbocycles. The normalized spacial score (nSPS) is 30.3. The largest absolute Gasteiger partial charge is 0.466 e. The molecule has 68 heavy (non-hydrogen) atoms. The van der Waals surface area contributed by atoms with Crippen LogP contribution in [0.25, 0.3) is 10.4 Å². The molecule has 6 heterocycles. The molecular weight excluding hydrogens is 897 g/mol. The number of hydrogen-bond acceptors (Lipinski definition) is 15. The van der Waals surface area contributed by atoms with Crippen LogP contribution < -0.4 is 10.6 Å². The van der Waals surface area contributed by atoms with E-state index >= 15 is 0 Å². The van der Waals surface area contributed by atoms with Gasteiger partial charge in [-0.15, -0.1) is 11.3 Å². The number of hydrogen-bond donors (Lipinski definition) is 3. The Morgan fingerprint density at radius 3 is 2.37 bits per heavy atom. The van der Waals surface area contributed by atoms with E-state index in [9.17, 15) is 24.3 Å². The number of nitrogens with one attached hydrogen (secondary N) is 2. The monoisotopic (exact) mass is 970 g/mol. The first-order valence-corrected chi connectivity index (χ1v) is 25.5. The molecule has 18 heteroatoms. The van der Waals surface area contributed by atoms with Crippen molar-refractivity contribution in [2.45, 2.75) is 155 Å². The summed E-state index contributed by atoms with van der Waals surface area (Å²) in [6.45, 7) is 16.2. The number of amides is 3. The fourth-order valence-electron chi connectivity index (χ4n) is 10.7. The number of aromatic nitrogens is 1. The number of β-amino-alcohol motifs (C(OH)–C–C–N with tert-alkyl or cyclic N) is 1. The topological polar surface area (TPSA) is 203 Å². The maximum absolute atomic E-state index is 13.9. The second-order valence-electron chi connectivity index (χ2n) is 20.6. The summed E-state index contributed by atoms with van der Waals surface area (Å²) >= 11 is 1.57. The summed E-state index contributed by atoms with van der Waals surface area (Å²) in [6, 6.07) is 6.07. The number of ether oxygens (including phenoxy) is 6. The first-order valence-electron chi connectivity index (χ1n) is 24.6. The highest BCUT2D eigenvalue weighted by Crippen LogP contribution is 2.60. The van der Waals surface area contributed by atoms with Gasteiger partial charge in [0.1, 0.15) is 12.1 Å². The van der Waals surface area contributed by atoms with Gasteiger partial charge in [0.25, 0.3) is 0 Å². The van der Waals surface area contributed by atoms with Crippen molar-refractivity contribution in [3.63, 3.8) is 0 Å². The third kappa shape index (κ3) is 12.5. The van der Waals surface area contributed by atoms with Crippen LogP contribution in [0.2, 0.25) is 0 Å². The van der Waals surface area contributed by atoms with E-state index < -0.39 is 47.2 Å². The van der Waals surface area contributed by atoms with Crippen molar-refractivity contribution in [1.29, 1.82) is 0 Å². The molecule has 3 amide bonds. The van der Waals surface area contributed by atoms with E-state index in [-0.39, 0.29) is 87.9 Å². The molecule has 11 atom stereocenters. The number of carbonyl (C=O) groups excluding carboxylic acids is 4. The van der Waals surface area contributed by atoms with Crippen LogP contribution >= 0.6 is 11.3 Å². The van der Waals surface area contributed by atoms with E-state index in [0.29, 0.717) is 51.1 Å². The average Bonchev–Trinajstić information content (AvgIpc) is 3.84. The van der Waals surface area contributed by atoms with Crippen molar-refractivity contribution >= 4 is 35.0 Å². The zero-order valence-corrected chi connectivity index (χ0v) is 41.8. The van der Waals surface area contributed by atoms with E-state index in [0.717, 1.165) is 47.4 Å². The number of aliphatic hydroxyl groups is 1. The molecule has 6 aliphatic rings. The lowest BCUT2D eigenvalue weighted by Crippen LogP contribution is -2.70. The number of likely N-dealkylation sites (tertiary alicyclic amines) is 1. The molecule has 3 N–H and O–H groups in total. The van der Waals surface area contributed by atoms with Gasteiger partial charge >= 0.3 is 5.97 Å². The minimum Gasteiger partial charge on any atom is -0.466 e. The molecule has 8 rings (SSSR count). The third-order valence-electron chi connectivity index (χ3n) is 14.6. The predicted molar refractivity (Wildman–Crippen MR) is 250 cm³/mol. The second kappa shape index (κ2) is 23.1. The van der Waals surface area contributed by atoms with Gasteiger partial charge < -0.3 is 49.1 Å². The van der Waals surface area contributed by atoms with Crippen molar-refractivity contribution in [2.24, 2.45) is 29.1 Å². The van der Waals surface area contributed by atoms with Crippen LogP contribution in [0.5, 0.6) is 0 Å². The van der Waals surface area contributed by atoms with Gasteiger partial charge in [0.2, 0.25) is 23.5 Å². The lowest BCUT2D eigenvalue weighted by molar-refractivity contribution is -0.571. The molecule has 1 aromatic heterocycles. The number of benzene rings is 1. The standard InChI is InChI=1S/C50H74N4O13S/c1-31-10-15-38-32(2)40(64-47-50(38)37(31)16-19-49(7,65-47)66-67-50)17-22-63-42(57)9-8-20-60-23-25-62-26-24-61-21-18-41(56)53-44(48(4,5)6)46(59)54-29-36(55)27-39(54)45(58)51-28-34-11-13-35(14-12-34)43-33(3)52-30-68-43/h11-14,30-32,36-40,44,47,55H,8-10,15-29H2,1-7H3,(H,51,58)(H,53,56)/t31-,32-,36-,37+,38+,39+,40-,44-,47-,49-,50-/m1/s1. The van der Waals surface area contributed by atoms with E-state index in [1.54, 1.807) is 11.3 Å². The molecule has 0 unspecified atom stereocenters. The van der Waals surface area contributed by atoms with Crippen LogP contribution in [0.4, 0.5) is 0 Å². The highest BCUT2D eigenvalue weighted by atomic mass is 32.1. The number of fused-ring (bicyclic) bond motifs is 2. The Morgan fingerprint density at radius 1 is 0.941 bits per heavy atom. The molecule has 5 aliphatic heterocycles. The summed E-state index contributed by atoms with van der Waals surface area (Å²) in [5.41, 5.74) is 3.45. The summed E-state index contributed by atoms with van der Waals surface area (Å²) in [5.74, 6) is -0.996. The molecule has 1 spiro atoms. The summed E-state index contributed by atoms with van der Waals surface area (Å²) in [7, 11) is 0. The summed E-state index contributed by atoms with van der Waals surface area (Å²) in [4.78, 5) is 71.9. The van der Waals surface area contributed by atoms with Crippen molar-refractivity contribution in [1.82, 2.24) is 20.5 Å². The minimum atomic E-state index is -0.932. The third-order valence-corrected chi connectivity index (χ3v) is 15.5. The average molecular weight is 971 g/mol. The summed E-state index contributed by atoms with van der Waals surface area (Å²) < 4.78 is 35.5. The smallest absolute Gasteiger partial charge is 0.305 e. The van der Waals surface area contributed by atoms with E-state index in [2.05, 4.69) is 29.5 Å². The quantitative estimate of drug-likeness (QED) is 0.0744. The molecule has 5 saturated heterocycles. The van der Waals surface area contributed by atoms with Gasteiger partial charge in [-0.3, -0.25) is 19.2 Å². The number of carbonyl (C=O) groups is 4. The molecule has 1 aromatic carbocycles. The number of nitrogens with zero attached hydrogens (tertiary/aromatic N) is 2. The first-order chi connectivity index (χ1) is 32.5. The Hall–Kier alpha value is -3.59. The Kier molecular flexibility index (Phi) is 17.7. The molecule has 2 aromatic rings. The van der Waals surface area contributed by atoms with E-state index in [4.69, 9.17) is 38.2 Å². The summed E-state index contributed by atoms with van der Waals surface area (Å²) in [5, 5.41) is 16.3. The SMILES string of the molecule is Cc1ncsc1-c1ccc(CNC(=O)[C@@H]2C[C@@H](O)CN2C(=O)[C@@H](NC(=O)CCOCCOCCOCCCC(=O)OCC[C@H]2O[C@@H]3O[C@@]4(C)CC[C@H]5[C@H](C)CC[C@@H]([C@H]2C)[C@@]35OO4)C(C)(C)C)cc1. The van der Waals surface area contributed by atoms with Gasteiger partial charge in [0.15, 0.2) is 11.9 Å². The van der Waals surface area contributed by atoms with Crippen molar-refractivity contribution < 1.29 is 62.5 Å². The number of aliphatic hydroxyl groups excluding tert-OH is 1. The van der Waals surface area contributed by atoms with E-state index in [1.165, 1.54) is 4.90 Å². The predicted octanol–water partition coefficient (Wildman–Crippen LogP) is 5.63. The van der Waals surface area contributed by atoms with Crippen LogP contribution in [0.3, 0.4) is 0 Å².